The second-order valence-electron chi connectivity index (χ2n) is 10.5. The molecule has 216 valence electrons. The molecule has 6 rings (SSSR count). The van der Waals surface area contributed by atoms with Gasteiger partial charge in [0.25, 0.3) is 11.5 Å². The van der Waals surface area contributed by atoms with E-state index < -0.39 is 23.7 Å². The van der Waals surface area contributed by atoms with Gasteiger partial charge in [-0.05, 0) is 69.7 Å². The van der Waals surface area contributed by atoms with Crippen molar-refractivity contribution in [1.82, 2.24) is 33.8 Å². The summed E-state index contributed by atoms with van der Waals surface area (Å²) in [7, 11) is 1.88. The van der Waals surface area contributed by atoms with Crippen LogP contribution in [0, 0.1) is 13.8 Å². The fourth-order valence-corrected chi connectivity index (χ4v) is 5.90. The van der Waals surface area contributed by atoms with Crippen LogP contribution in [0.3, 0.4) is 0 Å². The van der Waals surface area contributed by atoms with E-state index in [1.165, 1.54) is 21.6 Å². The number of carbonyl (C=O) groups excluding carboxylic acids is 1. The Morgan fingerprint density at radius 1 is 1.10 bits per heavy atom. The summed E-state index contributed by atoms with van der Waals surface area (Å²) in [5.74, 6) is -0.338. The van der Waals surface area contributed by atoms with Crippen LogP contribution >= 0.6 is 15.9 Å². The Morgan fingerprint density at radius 3 is 2.55 bits per heavy atom. The van der Waals surface area contributed by atoms with Crippen LogP contribution < -0.4 is 5.56 Å². The average Bonchev–Trinajstić information content (AvgIpc) is 3.47. The molecule has 2 aromatic carbocycles. The topological polar surface area (TPSA) is 90.8 Å². The number of carbonyl (C=O) groups is 1. The first kappa shape index (κ1) is 27.9. The smallest absolute Gasteiger partial charge is 0.334 e. The number of alkyl halides is 3. The van der Waals surface area contributed by atoms with Crippen molar-refractivity contribution < 1.29 is 18.0 Å². The highest BCUT2D eigenvalue weighted by molar-refractivity contribution is 9.10. The van der Waals surface area contributed by atoms with Crippen LogP contribution in [0.15, 0.2) is 58.1 Å². The third-order valence-electron chi connectivity index (χ3n) is 7.54. The zero-order valence-corrected chi connectivity index (χ0v) is 24.7. The van der Waals surface area contributed by atoms with Crippen LogP contribution in [-0.4, -0.2) is 45.7 Å². The molecule has 42 heavy (non-hydrogen) atoms. The maximum atomic E-state index is 14.2. The second kappa shape index (κ2) is 9.93. The summed E-state index contributed by atoms with van der Waals surface area (Å²) in [4.78, 5) is 38.5. The van der Waals surface area contributed by atoms with Crippen molar-refractivity contribution in [2.45, 2.75) is 46.0 Å². The molecule has 1 aliphatic heterocycles. The number of hydrogen-bond donors (Lipinski definition) is 0. The lowest BCUT2D eigenvalue weighted by Crippen LogP contribution is -2.46. The molecule has 1 amide bonds. The number of imidazole rings is 1. The molecule has 0 saturated heterocycles. The van der Waals surface area contributed by atoms with Gasteiger partial charge >= 0.3 is 6.18 Å². The van der Waals surface area contributed by atoms with Crippen molar-refractivity contribution in [3.63, 3.8) is 0 Å². The minimum atomic E-state index is -4.63. The van der Waals surface area contributed by atoms with Gasteiger partial charge in [-0.15, -0.1) is 0 Å². The predicted molar refractivity (Wildman–Crippen MR) is 153 cm³/mol. The van der Waals surface area contributed by atoms with Crippen LogP contribution in [0.4, 0.5) is 13.2 Å². The zero-order chi connectivity index (χ0) is 30.1. The van der Waals surface area contributed by atoms with Gasteiger partial charge in [0.05, 0.1) is 46.5 Å². The van der Waals surface area contributed by atoms with E-state index in [1.54, 1.807) is 17.9 Å². The van der Waals surface area contributed by atoms with Gasteiger partial charge in [-0.3, -0.25) is 9.59 Å². The molecule has 5 aromatic rings. The minimum Gasteiger partial charge on any atom is -0.334 e. The number of amides is 1. The van der Waals surface area contributed by atoms with Crippen LogP contribution in [-0.2, 0) is 26.2 Å². The van der Waals surface area contributed by atoms with Crippen LogP contribution in [0.5, 0.6) is 0 Å². The first-order chi connectivity index (χ1) is 19.8. The Labute approximate surface area is 246 Å². The highest BCUT2D eigenvalue weighted by Crippen LogP contribution is 2.36. The lowest BCUT2D eigenvalue weighted by molar-refractivity contribution is -0.138. The Hall–Kier alpha value is -4.26. The molecule has 1 aliphatic rings. The summed E-state index contributed by atoms with van der Waals surface area (Å²) in [6.07, 6.45) is -2.76. The highest BCUT2D eigenvalue weighted by atomic mass is 79.9. The number of fused-ring (bicyclic) bond motifs is 2. The van der Waals surface area contributed by atoms with E-state index in [1.807, 2.05) is 49.7 Å². The first-order valence-corrected chi connectivity index (χ1v) is 13.9. The molecule has 0 saturated carbocycles. The lowest BCUT2D eigenvalue weighted by atomic mass is 9.98. The third-order valence-corrected chi connectivity index (χ3v) is 8.23. The molecule has 13 heteroatoms. The Bertz CT molecular complexity index is 1960. The average molecular weight is 640 g/mol. The van der Waals surface area contributed by atoms with E-state index in [4.69, 9.17) is 4.98 Å². The van der Waals surface area contributed by atoms with Crippen molar-refractivity contribution in [3.8, 4) is 11.6 Å². The molecule has 9 nitrogen and oxygen atoms in total. The molecule has 0 unspecified atom stereocenters. The molecule has 1 atom stereocenters. The van der Waals surface area contributed by atoms with Gasteiger partial charge in [0.2, 0.25) is 5.95 Å². The standard InChI is InChI=1S/C29H25BrF3N7O2/c1-15-9-17(3)40(36-15)28-35-24-13-38(26(41)18-5-7-22(30)21(11-18)29(31,32)33)16(2)10-20(24)27(42)39(28)19-6-8-25-23(12-19)34-14-37(25)4/h5-9,11-12,14,16H,10,13H2,1-4H3/t16-/m1/s1. The van der Waals surface area contributed by atoms with Gasteiger partial charge in [-0.1, -0.05) is 15.9 Å². The molecule has 4 heterocycles. The summed E-state index contributed by atoms with van der Waals surface area (Å²) in [6, 6.07) is 10.3. The van der Waals surface area contributed by atoms with Crippen molar-refractivity contribution in [3.05, 3.63) is 97.4 Å². The minimum absolute atomic E-state index is 0.0472. The van der Waals surface area contributed by atoms with Crippen LogP contribution in [0.1, 0.15) is 45.5 Å². The molecule has 0 aliphatic carbocycles. The Morgan fingerprint density at radius 2 is 1.86 bits per heavy atom. The summed E-state index contributed by atoms with van der Waals surface area (Å²) >= 11 is 2.93. The fourth-order valence-electron chi connectivity index (χ4n) is 5.43. The van der Waals surface area contributed by atoms with E-state index in [-0.39, 0.29) is 34.5 Å². The van der Waals surface area contributed by atoms with E-state index in [0.717, 1.165) is 23.0 Å². The number of rotatable bonds is 3. The van der Waals surface area contributed by atoms with Crippen molar-refractivity contribution >= 4 is 32.9 Å². The van der Waals surface area contributed by atoms with Gasteiger partial charge in [-0.25, -0.2) is 19.2 Å². The van der Waals surface area contributed by atoms with Gasteiger partial charge in [-0.2, -0.15) is 18.3 Å². The number of benzene rings is 2. The molecule has 0 N–H and O–H groups in total. The normalized spacial score (nSPS) is 15.3. The maximum absolute atomic E-state index is 14.2. The molecular weight excluding hydrogens is 615 g/mol. The van der Waals surface area contributed by atoms with Crippen molar-refractivity contribution in [2.75, 3.05) is 0 Å². The molecule has 0 bridgehead atoms. The van der Waals surface area contributed by atoms with Crippen molar-refractivity contribution in [2.24, 2.45) is 7.05 Å². The molecule has 0 fully saturated rings. The van der Waals surface area contributed by atoms with E-state index in [9.17, 15) is 22.8 Å². The summed E-state index contributed by atoms with van der Waals surface area (Å²) < 4.78 is 45.4. The number of aromatic nitrogens is 6. The largest absolute Gasteiger partial charge is 0.417 e. The number of nitrogens with zero attached hydrogens (tertiary/aromatic N) is 7. The molecule has 3 aromatic heterocycles. The van der Waals surface area contributed by atoms with Crippen LogP contribution in [0.25, 0.3) is 22.7 Å². The second-order valence-corrected chi connectivity index (χ2v) is 11.4. The Kier molecular flexibility index (Phi) is 6.59. The summed E-state index contributed by atoms with van der Waals surface area (Å²) in [5.41, 5.74) is 3.11. The third kappa shape index (κ3) is 4.61. The van der Waals surface area contributed by atoms with Crippen molar-refractivity contribution in [1.29, 1.82) is 0 Å². The monoisotopic (exact) mass is 639 g/mol. The molecule has 0 radical (unpaired) electrons. The highest BCUT2D eigenvalue weighted by Gasteiger charge is 2.36. The maximum Gasteiger partial charge on any atom is 0.417 e. The zero-order valence-electron chi connectivity index (χ0n) is 23.1. The van der Waals surface area contributed by atoms with E-state index in [2.05, 4.69) is 26.0 Å². The lowest BCUT2D eigenvalue weighted by Gasteiger charge is -2.34. The van der Waals surface area contributed by atoms with Gasteiger partial charge in [0, 0.05) is 34.4 Å². The predicted octanol–water partition coefficient (Wildman–Crippen LogP) is 5.29. The van der Waals surface area contributed by atoms with Gasteiger partial charge in [0.1, 0.15) is 0 Å². The van der Waals surface area contributed by atoms with Gasteiger partial charge in [0.15, 0.2) is 0 Å². The SMILES string of the molecule is Cc1cc(C)n(-c2nc3c(c(=O)n2-c2ccc4c(c2)ncn4C)C[C@@H](C)N(C(=O)c2ccc(Br)c(C(F)(F)F)c2)C3)n1. The first-order valence-electron chi connectivity index (χ1n) is 13.1. The van der Waals surface area contributed by atoms with Crippen LogP contribution in [0.2, 0.25) is 0 Å². The summed E-state index contributed by atoms with van der Waals surface area (Å²) in [6.45, 7) is 5.40. The summed E-state index contributed by atoms with van der Waals surface area (Å²) in [5, 5.41) is 4.56. The Balaban J connectivity index is 1.48. The number of hydrogen-bond acceptors (Lipinski definition) is 5. The quantitative estimate of drug-likeness (QED) is 0.268. The van der Waals surface area contributed by atoms with E-state index in [0.29, 0.717) is 22.5 Å². The number of halogens is 4. The molecule has 0 spiro atoms. The van der Waals surface area contributed by atoms with E-state index >= 15 is 0 Å². The fraction of sp³-hybridized carbons (Fsp3) is 0.276. The molecular formula is C29H25BrF3N7O2. The number of aryl methyl sites for hydroxylation is 3. The van der Waals surface area contributed by atoms with Gasteiger partial charge < -0.3 is 9.47 Å².